The molecule has 1 heterocycles. The van der Waals surface area contributed by atoms with E-state index in [1.807, 2.05) is 25.1 Å². The summed E-state index contributed by atoms with van der Waals surface area (Å²) in [7, 11) is 0. The van der Waals surface area contributed by atoms with E-state index in [-0.39, 0.29) is 12.3 Å². The Kier molecular flexibility index (Phi) is 7.85. The largest absolute Gasteiger partial charge is 0.493 e. The summed E-state index contributed by atoms with van der Waals surface area (Å²) in [6, 6.07) is 18.3. The van der Waals surface area contributed by atoms with Gasteiger partial charge in [-0.25, -0.2) is 0 Å². The van der Waals surface area contributed by atoms with Crippen molar-refractivity contribution >= 4 is 5.97 Å². The van der Waals surface area contributed by atoms with E-state index in [0.29, 0.717) is 37.2 Å². The Bertz CT molecular complexity index is 1310. The molecule has 5 rings (SSSR count). The van der Waals surface area contributed by atoms with Gasteiger partial charge in [-0.2, -0.15) is 0 Å². The molecule has 2 N–H and O–H groups in total. The van der Waals surface area contributed by atoms with Gasteiger partial charge in [-0.15, -0.1) is 0 Å². The highest BCUT2D eigenvalue weighted by molar-refractivity contribution is 5.72. The number of hydrogen-bond acceptors (Lipinski definition) is 5. The van der Waals surface area contributed by atoms with Crippen LogP contribution in [0.3, 0.4) is 0 Å². The molecule has 2 aliphatic rings. The standard InChI is InChI=1S/C33H38O6/c1-21-13-28(38-18-23-9-11-33(3,36)12-10-23)14-22(2)32(21)25-6-4-5-24(15-25)19-37-27-7-8-29-26(16-31(34)35)20-39-30(29)17-27/h4-8,13-15,17,23,26,36H,9-12,16,18-20H2,1-3H3,(H,34,35). The van der Waals surface area contributed by atoms with Crippen molar-refractivity contribution in [1.29, 1.82) is 0 Å². The van der Waals surface area contributed by atoms with Crippen LogP contribution in [0, 0.1) is 19.8 Å². The molecule has 0 bridgehead atoms. The van der Waals surface area contributed by atoms with Gasteiger partial charge in [0.2, 0.25) is 0 Å². The Labute approximate surface area is 230 Å². The molecule has 206 valence electrons. The maximum Gasteiger partial charge on any atom is 0.304 e. The van der Waals surface area contributed by atoms with Crippen LogP contribution in [0.25, 0.3) is 11.1 Å². The summed E-state index contributed by atoms with van der Waals surface area (Å²) >= 11 is 0. The number of benzene rings is 3. The molecule has 0 amide bonds. The van der Waals surface area contributed by atoms with Crippen molar-refractivity contribution in [2.45, 2.75) is 71.0 Å². The van der Waals surface area contributed by atoms with Crippen LogP contribution in [0.15, 0.2) is 54.6 Å². The van der Waals surface area contributed by atoms with E-state index in [4.69, 9.17) is 19.3 Å². The fourth-order valence-electron chi connectivity index (χ4n) is 5.85. The lowest BCUT2D eigenvalue weighted by atomic mass is 9.80. The molecule has 39 heavy (non-hydrogen) atoms. The van der Waals surface area contributed by atoms with Crippen molar-refractivity contribution in [3.8, 4) is 28.4 Å². The second kappa shape index (κ2) is 11.3. The van der Waals surface area contributed by atoms with Gasteiger partial charge < -0.3 is 24.4 Å². The molecular weight excluding hydrogens is 492 g/mol. The monoisotopic (exact) mass is 530 g/mol. The van der Waals surface area contributed by atoms with Crippen LogP contribution in [0.4, 0.5) is 0 Å². The molecule has 3 aromatic carbocycles. The molecule has 0 spiro atoms. The fraction of sp³-hybridized carbons (Fsp3) is 0.424. The van der Waals surface area contributed by atoms with Crippen LogP contribution in [0.2, 0.25) is 0 Å². The average molecular weight is 531 g/mol. The van der Waals surface area contributed by atoms with Crippen molar-refractivity contribution in [2.24, 2.45) is 5.92 Å². The highest BCUT2D eigenvalue weighted by Gasteiger charge is 2.29. The first-order valence-corrected chi connectivity index (χ1v) is 13.8. The second-order valence-corrected chi connectivity index (χ2v) is 11.5. The molecule has 1 unspecified atom stereocenters. The Balaban J connectivity index is 1.22. The zero-order valence-electron chi connectivity index (χ0n) is 23.0. The SMILES string of the molecule is Cc1cc(OCC2CCC(C)(O)CC2)cc(C)c1-c1cccc(COc2ccc3c(c2)OCC3CC(=O)O)c1. The second-order valence-electron chi connectivity index (χ2n) is 11.5. The van der Waals surface area contributed by atoms with Crippen molar-refractivity contribution < 1.29 is 29.2 Å². The predicted octanol–water partition coefficient (Wildman–Crippen LogP) is 6.82. The van der Waals surface area contributed by atoms with Crippen molar-refractivity contribution in [3.63, 3.8) is 0 Å². The third-order valence-electron chi connectivity index (χ3n) is 8.08. The predicted molar refractivity (Wildman–Crippen MR) is 151 cm³/mol. The first-order valence-electron chi connectivity index (χ1n) is 13.8. The lowest BCUT2D eigenvalue weighted by molar-refractivity contribution is -0.137. The van der Waals surface area contributed by atoms with Gasteiger partial charge in [-0.1, -0.05) is 24.3 Å². The molecule has 1 aliphatic heterocycles. The minimum absolute atomic E-state index is 0.0661. The molecule has 0 aromatic heterocycles. The highest BCUT2D eigenvalue weighted by atomic mass is 16.5. The van der Waals surface area contributed by atoms with E-state index in [2.05, 4.69) is 50.2 Å². The summed E-state index contributed by atoms with van der Waals surface area (Å²) in [5.74, 6) is 1.86. The lowest BCUT2D eigenvalue weighted by Gasteiger charge is -2.32. The minimum Gasteiger partial charge on any atom is -0.493 e. The Morgan fingerprint density at radius 3 is 2.46 bits per heavy atom. The molecule has 6 nitrogen and oxygen atoms in total. The van der Waals surface area contributed by atoms with Gasteiger partial charge in [0, 0.05) is 17.5 Å². The number of hydrogen-bond donors (Lipinski definition) is 2. The first-order chi connectivity index (χ1) is 18.7. The average Bonchev–Trinajstić information content (AvgIpc) is 3.28. The van der Waals surface area contributed by atoms with Gasteiger partial charge in [-0.05, 0) is 104 Å². The molecule has 1 saturated carbocycles. The number of aliphatic carboxylic acids is 1. The summed E-state index contributed by atoms with van der Waals surface area (Å²) in [5.41, 5.74) is 6.15. The number of rotatable bonds is 9. The highest BCUT2D eigenvalue weighted by Crippen LogP contribution is 2.39. The molecule has 6 heteroatoms. The smallest absolute Gasteiger partial charge is 0.304 e. The Morgan fingerprint density at radius 1 is 1.00 bits per heavy atom. The zero-order valence-corrected chi connectivity index (χ0v) is 23.0. The zero-order chi connectivity index (χ0) is 27.6. The van der Waals surface area contributed by atoms with Gasteiger partial charge in [0.05, 0.1) is 25.2 Å². The van der Waals surface area contributed by atoms with E-state index >= 15 is 0 Å². The summed E-state index contributed by atoms with van der Waals surface area (Å²) in [6.45, 7) is 7.67. The molecule has 1 aliphatic carbocycles. The number of carboxylic acids is 1. The molecular formula is C33H38O6. The number of aryl methyl sites for hydroxylation is 2. The van der Waals surface area contributed by atoms with E-state index in [9.17, 15) is 9.90 Å². The van der Waals surface area contributed by atoms with Crippen molar-refractivity contribution in [3.05, 3.63) is 76.9 Å². The Hall–Kier alpha value is -3.51. The minimum atomic E-state index is -0.820. The maximum atomic E-state index is 11.1. The van der Waals surface area contributed by atoms with Crippen LogP contribution < -0.4 is 14.2 Å². The number of fused-ring (bicyclic) bond motifs is 1. The van der Waals surface area contributed by atoms with Crippen LogP contribution >= 0.6 is 0 Å². The number of carboxylic acid groups (broad SMARTS) is 1. The molecule has 1 fully saturated rings. The summed E-state index contributed by atoms with van der Waals surface area (Å²) in [4.78, 5) is 11.1. The lowest BCUT2D eigenvalue weighted by Crippen LogP contribution is -2.32. The maximum absolute atomic E-state index is 11.1. The van der Waals surface area contributed by atoms with Gasteiger partial charge in [0.15, 0.2) is 0 Å². The molecule has 0 radical (unpaired) electrons. The third kappa shape index (κ3) is 6.56. The van der Waals surface area contributed by atoms with Gasteiger partial charge in [0.1, 0.15) is 23.9 Å². The van der Waals surface area contributed by atoms with Gasteiger partial charge >= 0.3 is 5.97 Å². The van der Waals surface area contributed by atoms with Crippen molar-refractivity contribution in [2.75, 3.05) is 13.2 Å². The normalized spacial score (nSPS) is 22.2. The summed E-state index contributed by atoms with van der Waals surface area (Å²) < 4.78 is 18.0. The quantitative estimate of drug-likeness (QED) is 0.316. The topological polar surface area (TPSA) is 85.2 Å². The van der Waals surface area contributed by atoms with E-state index < -0.39 is 11.6 Å². The third-order valence-corrected chi connectivity index (χ3v) is 8.08. The molecule has 1 atom stereocenters. The molecule has 3 aromatic rings. The van der Waals surface area contributed by atoms with Crippen LogP contribution in [0.5, 0.6) is 17.2 Å². The van der Waals surface area contributed by atoms with E-state index in [1.54, 1.807) is 0 Å². The number of aliphatic hydroxyl groups is 1. The van der Waals surface area contributed by atoms with Crippen LogP contribution in [-0.4, -0.2) is 35.0 Å². The summed E-state index contributed by atoms with van der Waals surface area (Å²) in [6.07, 6.45) is 3.75. The van der Waals surface area contributed by atoms with Crippen molar-refractivity contribution in [1.82, 2.24) is 0 Å². The fourth-order valence-corrected chi connectivity index (χ4v) is 5.85. The van der Waals surface area contributed by atoms with Gasteiger partial charge in [0.25, 0.3) is 0 Å². The number of carbonyl (C=O) groups is 1. The molecule has 0 saturated heterocycles. The van der Waals surface area contributed by atoms with Crippen LogP contribution in [0.1, 0.15) is 67.2 Å². The summed E-state index contributed by atoms with van der Waals surface area (Å²) in [5, 5.41) is 19.3. The first kappa shape index (κ1) is 27.1. The van der Waals surface area contributed by atoms with Crippen LogP contribution in [-0.2, 0) is 11.4 Å². The number of ether oxygens (including phenoxy) is 3. The van der Waals surface area contributed by atoms with E-state index in [0.717, 1.165) is 48.1 Å². The van der Waals surface area contributed by atoms with Gasteiger partial charge in [-0.3, -0.25) is 4.79 Å². The van der Waals surface area contributed by atoms with E-state index in [1.165, 1.54) is 16.7 Å². The Morgan fingerprint density at radius 2 is 1.74 bits per heavy atom.